The minimum absolute atomic E-state index is 0.343. The van der Waals surface area contributed by atoms with Gasteiger partial charge in [-0.15, -0.1) is 0 Å². The third kappa shape index (κ3) is 27.8. The van der Waals surface area contributed by atoms with Crippen molar-refractivity contribution in [3.63, 3.8) is 0 Å². The number of aliphatic hydroxyl groups is 2. The van der Waals surface area contributed by atoms with E-state index in [-0.39, 0.29) is 0 Å². The zero-order chi connectivity index (χ0) is 21.1. The fourth-order valence-electron chi connectivity index (χ4n) is 3.53. The molecule has 0 aliphatic rings. The molecule has 176 valence electrons. The van der Waals surface area contributed by atoms with Gasteiger partial charge in [0.2, 0.25) is 0 Å². The highest BCUT2D eigenvalue weighted by Crippen LogP contribution is 2.11. The van der Waals surface area contributed by atoms with Crippen LogP contribution in [0.15, 0.2) is 0 Å². The maximum absolute atomic E-state index is 8.72. The van der Waals surface area contributed by atoms with Crippen molar-refractivity contribution in [1.29, 1.82) is 0 Å². The minimum atomic E-state index is 0.343. The van der Waals surface area contributed by atoms with Gasteiger partial charge in [-0.05, 0) is 25.7 Å². The first-order valence-electron chi connectivity index (χ1n) is 12.6. The predicted octanol–water partition coefficient (Wildman–Crippen LogP) is 6.23. The van der Waals surface area contributed by atoms with E-state index in [0.29, 0.717) is 13.2 Å². The largest absolute Gasteiger partial charge is 0.396 e. The van der Waals surface area contributed by atoms with Crippen LogP contribution < -0.4 is 5.64 Å². The Kier molecular flexibility index (Phi) is 27.6. The number of aliphatic hydroxyl groups excluding tert-OH is 2. The van der Waals surface area contributed by atoms with Crippen molar-refractivity contribution >= 4 is 0 Å². The molecule has 0 aliphatic carbocycles. The average molecular weight is 418 g/mol. The molecule has 0 amide bonds. The van der Waals surface area contributed by atoms with E-state index in [1.807, 2.05) is 0 Å². The van der Waals surface area contributed by atoms with E-state index in [1.54, 1.807) is 0 Å². The Hall–Kier alpha value is -0.200. The van der Waals surface area contributed by atoms with Gasteiger partial charge in [-0.2, -0.15) is 0 Å². The Morgan fingerprint density at radius 2 is 0.586 bits per heavy atom. The fraction of sp³-hybridized carbons (Fsp3) is 1.00. The summed E-state index contributed by atoms with van der Waals surface area (Å²) in [6.45, 7) is 2.13. The lowest BCUT2D eigenvalue weighted by atomic mass is 10.1. The maximum Gasteiger partial charge on any atom is 0.0709 e. The summed E-state index contributed by atoms with van der Waals surface area (Å²) >= 11 is 0. The Morgan fingerprint density at radius 3 is 0.862 bits per heavy atom. The molecule has 0 radical (unpaired) electrons. The van der Waals surface area contributed by atoms with Crippen LogP contribution >= 0.6 is 0 Å². The first-order valence-corrected chi connectivity index (χ1v) is 12.6. The van der Waals surface area contributed by atoms with E-state index in [9.17, 15) is 0 Å². The first kappa shape index (κ1) is 28.8. The summed E-state index contributed by atoms with van der Waals surface area (Å²) in [6.07, 6.45) is 24.7. The van der Waals surface area contributed by atoms with Crippen LogP contribution in [0.4, 0.5) is 0 Å². The molecular formula is C24H51NO4. The molecular weight excluding hydrogens is 366 g/mol. The van der Waals surface area contributed by atoms with Crippen molar-refractivity contribution in [3.8, 4) is 0 Å². The zero-order valence-electron chi connectivity index (χ0n) is 19.2. The molecule has 0 unspecified atom stereocenters. The highest BCUT2D eigenvalue weighted by atomic mass is 16.9. The number of nitrogens with one attached hydrogen (secondary N) is 1. The third-order valence-electron chi connectivity index (χ3n) is 5.43. The van der Waals surface area contributed by atoms with Crippen LogP contribution in [0.2, 0.25) is 0 Å². The van der Waals surface area contributed by atoms with Crippen LogP contribution in [0.5, 0.6) is 0 Å². The molecule has 0 heterocycles. The predicted molar refractivity (Wildman–Crippen MR) is 122 cm³/mol. The highest BCUT2D eigenvalue weighted by molar-refractivity contribution is 4.49. The van der Waals surface area contributed by atoms with Crippen molar-refractivity contribution < 1.29 is 19.9 Å². The highest BCUT2D eigenvalue weighted by Gasteiger charge is 1.95. The van der Waals surface area contributed by atoms with Crippen LogP contribution in [-0.2, 0) is 9.68 Å². The molecule has 0 spiro atoms. The quantitative estimate of drug-likeness (QED) is 0.115. The Morgan fingerprint density at radius 1 is 0.345 bits per heavy atom. The van der Waals surface area contributed by atoms with Gasteiger partial charge in [0.25, 0.3) is 0 Å². The molecule has 0 saturated carbocycles. The number of rotatable bonds is 26. The normalized spacial score (nSPS) is 11.4. The molecule has 3 N–H and O–H groups in total. The van der Waals surface area contributed by atoms with Crippen molar-refractivity contribution in [2.45, 2.75) is 128 Å². The molecule has 5 nitrogen and oxygen atoms in total. The lowest BCUT2D eigenvalue weighted by Gasteiger charge is -2.07. The minimum Gasteiger partial charge on any atom is -0.396 e. The standard InChI is InChI=1S/C24H51NO4/c26-21-17-13-9-5-1-3-7-11-15-19-23-28-25-29-24-20-16-12-8-4-2-6-10-14-18-22-27/h25-27H,1-24H2. The maximum atomic E-state index is 8.72. The third-order valence-corrected chi connectivity index (χ3v) is 5.43. The summed E-state index contributed by atoms with van der Waals surface area (Å²) in [5.74, 6) is 0. The SMILES string of the molecule is OCCCCCCCCCCCCONOCCCCCCCCCCCCO. The molecule has 5 heteroatoms. The van der Waals surface area contributed by atoms with E-state index >= 15 is 0 Å². The second-order valence-electron chi connectivity index (χ2n) is 8.30. The number of hydrogen-bond donors (Lipinski definition) is 3. The first-order chi connectivity index (χ1) is 14.4. The average Bonchev–Trinajstić information content (AvgIpc) is 2.74. The molecule has 0 atom stereocenters. The summed E-state index contributed by atoms with van der Waals surface area (Å²) in [6, 6.07) is 0. The van der Waals surface area contributed by atoms with Crippen molar-refractivity contribution in [1.82, 2.24) is 5.64 Å². The van der Waals surface area contributed by atoms with Gasteiger partial charge in [0.1, 0.15) is 0 Å². The van der Waals surface area contributed by atoms with Gasteiger partial charge in [0.15, 0.2) is 0 Å². The molecule has 0 fully saturated rings. The van der Waals surface area contributed by atoms with Gasteiger partial charge in [0, 0.05) is 13.2 Å². The zero-order valence-corrected chi connectivity index (χ0v) is 19.2. The molecule has 0 aromatic rings. The van der Waals surface area contributed by atoms with E-state index < -0.39 is 0 Å². The lowest BCUT2D eigenvalue weighted by Crippen LogP contribution is -2.16. The van der Waals surface area contributed by atoms with Crippen LogP contribution in [-0.4, -0.2) is 36.6 Å². The van der Waals surface area contributed by atoms with Gasteiger partial charge >= 0.3 is 0 Å². The van der Waals surface area contributed by atoms with E-state index in [1.165, 1.54) is 103 Å². The summed E-state index contributed by atoms with van der Waals surface area (Å²) in [5.41, 5.74) is 2.62. The molecule has 0 bridgehead atoms. The van der Waals surface area contributed by atoms with Crippen molar-refractivity contribution in [2.75, 3.05) is 26.4 Å². The van der Waals surface area contributed by atoms with Gasteiger partial charge in [-0.1, -0.05) is 108 Å². The smallest absolute Gasteiger partial charge is 0.0709 e. The molecule has 0 aliphatic heterocycles. The van der Waals surface area contributed by atoms with E-state index in [2.05, 4.69) is 5.64 Å². The lowest BCUT2D eigenvalue weighted by molar-refractivity contribution is -0.171. The molecule has 29 heavy (non-hydrogen) atoms. The monoisotopic (exact) mass is 417 g/mol. The van der Waals surface area contributed by atoms with E-state index in [4.69, 9.17) is 19.9 Å². The van der Waals surface area contributed by atoms with Crippen molar-refractivity contribution in [3.05, 3.63) is 0 Å². The Bertz CT molecular complexity index is 254. The van der Waals surface area contributed by atoms with Gasteiger partial charge < -0.3 is 10.2 Å². The van der Waals surface area contributed by atoms with Crippen LogP contribution in [0, 0.1) is 0 Å². The summed E-state index contributed by atoms with van der Waals surface area (Å²) in [7, 11) is 0. The van der Waals surface area contributed by atoms with Crippen molar-refractivity contribution in [2.24, 2.45) is 0 Å². The molecule has 0 aromatic heterocycles. The van der Waals surface area contributed by atoms with Crippen LogP contribution in [0.25, 0.3) is 0 Å². The summed E-state index contributed by atoms with van der Waals surface area (Å²) < 4.78 is 0. The molecule has 0 rings (SSSR count). The second kappa shape index (κ2) is 27.8. The summed E-state index contributed by atoms with van der Waals surface area (Å²) in [4.78, 5) is 10.6. The fourth-order valence-corrected chi connectivity index (χ4v) is 3.53. The number of unbranched alkanes of at least 4 members (excludes halogenated alkanes) is 18. The van der Waals surface area contributed by atoms with Crippen LogP contribution in [0.1, 0.15) is 128 Å². The molecule has 0 saturated heterocycles. The Labute approximate surface area is 180 Å². The van der Waals surface area contributed by atoms with Gasteiger partial charge in [-0.25, -0.2) is 0 Å². The van der Waals surface area contributed by atoms with E-state index in [0.717, 1.165) is 38.9 Å². The summed E-state index contributed by atoms with van der Waals surface area (Å²) in [5, 5.41) is 17.4. The van der Waals surface area contributed by atoms with Gasteiger partial charge in [0.05, 0.1) is 13.2 Å². The molecule has 0 aromatic carbocycles. The van der Waals surface area contributed by atoms with Gasteiger partial charge in [-0.3, -0.25) is 9.68 Å². The number of hydrogen-bond acceptors (Lipinski definition) is 5. The van der Waals surface area contributed by atoms with Crippen LogP contribution in [0.3, 0.4) is 0 Å². The Balaban J connectivity index is 2.97. The second-order valence-corrected chi connectivity index (χ2v) is 8.30. The topological polar surface area (TPSA) is 71.0 Å².